The summed E-state index contributed by atoms with van der Waals surface area (Å²) in [6.45, 7) is 3.13. The number of nitrogens with zero attached hydrogens (tertiary/aromatic N) is 3. The molecular weight excluding hydrogens is 312 g/mol. The van der Waals surface area contributed by atoms with Gasteiger partial charge in [0.25, 0.3) is 5.91 Å². The standard InChI is InChI=1S/C16H22N4O2S/c21-15-8-16(23(22)18-15)20-11-13-10-19(7-6-14(13)17-20)9-12-4-2-1-3-5-12/h8,11-12H,1-7,9-10H2,(H,18,21). The van der Waals surface area contributed by atoms with Crippen molar-refractivity contribution in [2.75, 3.05) is 13.1 Å². The molecule has 0 radical (unpaired) electrons. The van der Waals surface area contributed by atoms with Crippen LogP contribution in [0.4, 0.5) is 0 Å². The van der Waals surface area contributed by atoms with Crippen LogP contribution < -0.4 is 4.72 Å². The van der Waals surface area contributed by atoms with Gasteiger partial charge in [0, 0.05) is 43.9 Å². The third kappa shape index (κ3) is 3.12. The minimum atomic E-state index is -1.49. The zero-order chi connectivity index (χ0) is 15.8. The molecule has 1 aromatic rings. The first-order chi connectivity index (χ1) is 11.2. The van der Waals surface area contributed by atoms with Crippen LogP contribution in [0.25, 0.3) is 5.03 Å². The predicted molar refractivity (Wildman–Crippen MR) is 88.3 cm³/mol. The molecule has 1 atom stereocenters. The van der Waals surface area contributed by atoms with Crippen LogP contribution in [0, 0.1) is 5.92 Å². The van der Waals surface area contributed by atoms with Crippen LogP contribution in [0.2, 0.25) is 0 Å². The Hall–Kier alpha value is -1.47. The number of amides is 1. The number of carbonyl (C=O) groups excluding carboxylic acids is 1. The average molecular weight is 334 g/mol. The molecule has 0 aromatic carbocycles. The number of hydrogen-bond donors (Lipinski definition) is 1. The molecule has 1 unspecified atom stereocenters. The molecule has 1 amide bonds. The highest BCUT2D eigenvalue weighted by atomic mass is 32.2. The number of hydrogen-bond acceptors (Lipinski definition) is 4. The molecule has 23 heavy (non-hydrogen) atoms. The van der Waals surface area contributed by atoms with Crippen molar-refractivity contribution >= 4 is 21.9 Å². The SMILES string of the molecule is O=C1C=C(n2cc3c(n2)CCN(CC2CCCCC2)C3)S(=O)N1. The van der Waals surface area contributed by atoms with Gasteiger partial charge in [-0.05, 0) is 18.8 Å². The van der Waals surface area contributed by atoms with Gasteiger partial charge < -0.3 is 0 Å². The van der Waals surface area contributed by atoms with Crippen LogP contribution in [0.5, 0.6) is 0 Å². The van der Waals surface area contributed by atoms with E-state index in [0.29, 0.717) is 5.03 Å². The summed E-state index contributed by atoms with van der Waals surface area (Å²) in [6.07, 6.45) is 11.1. The molecule has 1 fully saturated rings. The molecule has 1 aliphatic carbocycles. The van der Waals surface area contributed by atoms with Crippen molar-refractivity contribution in [2.45, 2.75) is 45.1 Å². The summed E-state index contributed by atoms with van der Waals surface area (Å²) in [6, 6.07) is 0. The number of rotatable bonds is 3. The molecule has 2 aliphatic heterocycles. The van der Waals surface area contributed by atoms with Crippen molar-refractivity contribution < 1.29 is 9.00 Å². The molecule has 3 aliphatic rings. The zero-order valence-corrected chi connectivity index (χ0v) is 14.0. The van der Waals surface area contributed by atoms with Gasteiger partial charge in [0.1, 0.15) is 0 Å². The second-order valence-electron chi connectivity index (χ2n) is 6.75. The van der Waals surface area contributed by atoms with Gasteiger partial charge in [-0.15, -0.1) is 0 Å². The first kappa shape index (κ1) is 15.1. The lowest BCUT2D eigenvalue weighted by atomic mass is 9.88. The number of carbonyl (C=O) groups is 1. The zero-order valence-electron chi connectivity index (χ0n) is 13.2. The number of nitrogens with one attached hydrogen (secondary N) is 1. The molecular formula is C16H22N4O2S. The van der Waals surface area contributed by atoms with E-state index in [1.165, 1.54) is 50.3 Å². The highest BCUT2D eigenvalue weighted by molar-refractivity contribution is 7.93. The van der Waals surface area contributed by atoms with Gasteiger partial charge in [-0.2, -0.15) is 5.10 Å². The second-order valence-corrected chi connectivity index (χ2v) is 7.91. The first-order valence-electron chi connectivity index (χ1n) is 8.43. The molecule has 4 rings (SSSR count). The molecule has 6 nitrogen and oxygen atoms in total. The Labute approximate surface area is 138 Å². The highest BCUT2D eigenvalue weighted by Gasteiger charge is 2.26. The van der Waals surface area contributed by atoms with Gasteiger partial charge in [0.15, 0.2) is 16.0 Å². The van der Waals surface area contributed by atoms with Gasteiger partial charge >= 0.3 is 0 Å². The summed E-state index contributed by atoms with van der Waals surface area (Å²) in [5.74, 6) is 0.526. The summed E-state index contributed by atoms with van der Waals surface area (Å²) < 4.78 is 15.9. The van der Waals surface area contributed by atoms with E-state index >= 15 is 0 Å². The van der Waals surface area contributed by atoms with Crippen molar-refractivity contribution in [1.82, 2.24) is 19.4 Å². The lowest BCUT2D eigenvalue weighted by Crippen LogP contribution is -2.34. The van der Waals surface area contributed by atoms with Gasteiger partial charge in [-0.1, -0.05) is 19.3 Å². The van der Waals surface area contributed by atoms with Gasteiger partial charge in [-0.3, -0.25) is 14.4 Å². The molecule has 1 saturated carbocycles. The van der Waals surface area contributed by atoms with E-state index in [1.807, 2.05) is 6.20 Å². The van der Waals surface area contributed by atoms with Gasteiger partial charge in [-0.25, -0.2) is 8.89 Å². The minimum absolute atomic E-state index is 0.314. The summed E-state index contributed by atoms with van der Waals surface area (Å²) in [5.41, 5.74) is 2.27. The molecule has 0 bridgehead atoms. The van der Waals surface area contributed by atoms with Crippen LogP contribution in [0.1, 0.15) is 43.4 Å². The predicted octanol–water partition coefficient (Wildman–Crippen LogP) is 1.41. The van der Waals surface area contributed by atoms with Crippen LogP contribution in [-0.2, 0) is 28.7 Å². The van der Waals surface area contributed by atoms with E-state index in [1.54, 1.807) is 4.68 Å². The second kappa shape index (κ2) is 6.20. The average Bonchev–Trinajstić information content (AvgIpc) is 3.10. The van der Waals surface area contributed by atoms with Crippen molar-refractivity contribution in [1.29, 1.82) is 0 Å². The maximum absolute atomic E-state index is 11.9. The topological polar surface area (TPSA) is 67.2 Å². The van der Waals surface area contributed by atoms with Crippen molar-refractivity contribution in [3.05, 3.63) is 23.5 Å². The fourth-order valence-corrected chi connectivity index (χ4v) is 4.69. The molecule has 1 N–H and O–H groups in total. The quantitative estimate of drug-likeness (QED) is 0.908. The van der Waals surface area contributed by atoms with E-state index in [-0.39, 0.29) is 5.91 Å². The summed E-state index contributed by atoms with van der Waals surface area (Å²) in [7, 11) is -1.49. The summed E-state index contributed by atoms with van der Waals surface area (Å²) >= 11 is 0. The monoisotopic (exact) mass is 334 g/mol. The Morgan fingerprint density at radius 3 is 2.87 bits per heavy atom. The van der Waals surface area contributed by atoms with E-state index < -0.39 is 11.0 Å². The Morgan fingerprint density at radius 2 is 2.13 bits per heavy atom. The normalized spacial score (nSPS) is 26.0. The summed E-state index contributed by atoms with van der Waals surface area (Å²) in [4.78, 5) is 13.8. The van der Waals surface area contributed by atoms with Crippen molar-refractivity contribution in [3.8, 4) is 0 Å². The van der Waals surface area contributed by atoms with Crippen LogP contribution in [-0.4, -0.2) is 37.9 Å². The third-order valence-corrected chi connectivity index (χ3v) is 6.11. The Morgan fingerprint density at radius 1 is 1.30 bits per heavy atom. The smallest absolute Gasteiger partial charge is 0.258 e. The lowest BCUT2D eigenvalue weighted by molar-refractivity contribution is -0.114. The first-order valence-corrected chi connectivity index (χ1v) is 9.58. The maximum atomic E-state index is 11.9. The molecule has 0 spiro atoms. The Kier molecular flexibility index (Phi) is 4.07. The van der Waals surface area contributed by atoms with Gasteiger partial charge in [0.05, 0.1) is 5.69 Å². The largest absolute Gasteiger partial charge is 0.298 e. The number of fused-ring (bicyclic) bond motifs is 1. The Balaban J connectivity index is 1.46. The third-order valence-electron chi connectivity index (χ3n) is 5.04. The van der Waals surface area contributed by atoms with Crippen molar-refractivity contribution in [3.63, 3.8) is 0 Å². The Bertz CT molecular complexity index is 676. The van der Waals surface area contributed by atoms with E-state index in [9.17, 15) is 9.00 Å². The molecule has 7 heteroatoms. The number of aromatic nitrogens is 2. The molecule has 1 aromatic heterocycles. The molecule has 3 heterocycles. The van der Waals surface area contributed by atoms with E-state index in [2.05, 4.69) is 14.7 Å². The van der Waals surface area contributed by atoms with E-state index in [4.69, 9.17) is 0 Å². The lowest BCUT2D eigenvalue weighted by Gasteiger charge is -2.31. The summed E-state index contributed by atoms with van der Waals surface area (Å²) in [5, 5.41) is 4.97. The fourth-order valence-electron chi connectivity index (χ4n) is 3.87. The van der Waals surface area contributed by atoms with Gasteiger partial charge in [0.2, 0.25) is 0 Å². The fraction of sp³-hybridized carbons (Fsp3) is 0.625. The van der Waals surface area contributed by atoms with E-state index in [0.717, 1.165) is 31.1 Å². The van der Waals surface area contributed by atoms with Crippen LogP contribution in [0.3, 0.4) is 0 Å². The maximum Gasteiger partial charge on any atom is 0.258 e. The van der Waals surface area contributed by atoms with Crippen molar-refractivity contribution in [2.24, 2.45) is 5.92 Å². The molecule has 124 valence electrons. The van der Waals surface area contributed by atoms with Crippen LogP contribution >= 0.6 is 0 Å². The van der Waals surface area contributed by atoms with Crippen LogP contribution in [0.15, 0.2) is 12.3 Å². The molecule has 0 saturated heterocycles. The minimum Gasteiger partial charge on any atom is -0.298 e. The highest BCUT2D eigenvalue weighted by Crippen LogP contribution is 2.27.